The molecule has 3 nitrogen and oxygen atoms in total. The SMILES string of the molecule is CCCN(CCC)c1cc(CC)c(=O)n2c(-c3c(C)cc(C)cc3C)cccc12. The third kappa shape index (κ3) is 3.96. The summed E-state index contributed by atoms with van der Waals surface area (Å²) in [6, 6.07) is 12.8. The molecule has 0 spiro atoms. The maximum atomic E-state index is 13.5. The Morgan fingerprint density at radius 2 is 1.52 bits per heavy atom. The monoisotopic (exact) mass is 390 g/mol. The number of benzene rings is 1. The van der Waals surface area contributed by atoms with E-state index in [1.165, 1.54) is 27.9 Å². The number of fused-ring (bicyclic) bond motifs is 1. The van der Waals surface area contributed by atoms with Gasteiger partial charge in [-0.1, -0.05) is 44.5 Å². The highest BCUT2D eigenvalue weighted by Crippen LogP contribution is 2.31. The van der Waals surface area contributed by atoms with Crippen LogP contribution in [0.25, 0.3) is 16.8 Å². The van der Waals surface area contributed by atoms with Gasteiger partial charge in [0.25, 0.3) is 5.56 Å². The van der Waals surface area contributed by atoms with Crippen molar-refractivity contribution in [1.82, 2.24) is 4.40 Å². The van der Waals surface area contributed by atoms with Gasteiger partial charge in [-0.05, 0) is 69.4 Å². The topological polar surface area (TPSA) is 24.7 Å². The van der Waals surface area contributed by atoms with Crippen LogP contribution in [0.3, 0.4) is 0 Å². The van der Waals surface area contributed by atoms with Crippen LogP contribution in [0.4, 0.5) is 5.69 Å². The van der Waals surface area contributed by atoms with E-state index >= 15 is 0 Å². The molecule has 0 unspecified atom stereocenters. The van der Waals surface area contributed by atoms with Crippen molar-refractivity contribution in [3.63, 3.8) is 0 Å². The highest BCUT2D eigenvalue weighted by Gasteiger charge is 2.18. The molecule has 0 atom stereocenters. The number of hydrogen-bond acceptors (Lipinski definition) is 2. The van der Waals surface area contributed by atoms with Crippen LogP contribution in [-0.4, -0.2) is 17.5 Å². The van der Waals surface area contributed by atoms with Gasteiger partial charge in [-0.25, -0.2) is 0 Å². The van der Waals surface area contributed by atoms with E-state index in [0.29, 0.717) is 0 Å². The van der Waals surface area contributed by atoms with Gasteiger partial charge in [0.1, 0.15) is 0 Å². The van der Waals surface area contributed by atoms with Crippen molar-refractivity contribution in [2.45, 2.75) is 60.8 Å². The minimum Gasteiger partial charge on any atom is -0.370 e. The van der Waals surface area contributed by atoms with Crippen molar-refractivity contribution in [3.8, 4) is 11.3 Å². The van der Waals surface area contributed by atoms with Gasteiger partial charge in [-0.3, -0.25) is 9.20 Å². The minimum absolute atomic E-state index is 0.106. The molecule has 2 aromatic heterocycles. The molecule has 0 N–H and O–H groups in total. The molecule has 29 heavy (non-hydrogen) atoms. The van der Waals surface area contributed by atoms with E-state index in [1.807, 2.05) is 4.40 Å². The Morgan fingerprint density at radius 1 is 0.897 bits per heavy atom. The lowest BCUT2D eigenvalue weighted by Crippen LogP contribution is -2.29. The summed E-state index contributed by atoms with van der Waals surface area (Å²) in [4.78, 5) is 15.9. The Morgan fingerprint density at radius 3 is 2.07 bits per heavy atom. The second-order valence-electron chi connectivity index (χ2n) is 8.11. The number of aromatic nitrogens is 1. The van der Waals surface area contributed by atoms with E-state index < -0.39 is 0 Å². The average molecular weight is 391 g/mol. The van der Waals surface area contributed by atoms with Crippen LogP contribution in [0, 0.1) is 20.8 Å². The third-order valence-electron chi connectivity index (χ3n) is 5.68. The molecule has 154 valence electrons. The zero-order chi connectivity index (χ0) is 21.1. The van der Waals surface area contributed by atoms with Gasteiger partial charge < -0.3 is 4.90 Å². The lowest BCUT2D eigenvalue weighted by Gasteiger charge is -2.27. The maximum Gasteiger partial charge on any atom is 0.258 e. The van der Waals surface area contributed by atoms with E-state index in [0.717, 1.165) is 49.1 Å². The molecule has 0 radical (unpaired) electrons. The molecular weight excluding hydrogens is 356 g/mol. The Hall–Kier alpha value is -2.55. The summed E-state index contributed by atoms with van der Waals surface area (Å²) >= 11 is 0. The number of aryl methyl sites for hydroxylation is 4. The van der Waals surface area contributed by atoms with E-state index in [-0.39, 0.29) is 5.56 Å². The van der Waals surface area contributed by atoms with Crippen molar-refractivity contribution in [2.75, 3.05) is 18.0 Å². The van der Waals surface area contributed by atoms with Gasteiger partial charge in [0, 0.05) is 24.2 Å². The van der Waals surface area contributed by atoms with Crippen LogP contribution in [0.5, 0.6) is 0 Å². The van der Waals surface area contributed by atoms with Crippen LogP contribution < -0.4 is 10.5 Å². The first-order valence-corrected chi connectivity index (χ1v) is 10.9. The lowest BCUT2D eigenvalue weighted by molar-refractivity contribution is 0.744. The maximum absolute atomic E-state index is 13.5. The molecule has 0 saturated heterocycles. The molecule has 0 bridgehead atoms. The fourth-order valence-electron chi connectivity index (χ4n) is 4.55. The molecule has 0 aliphatic heterocycles. The van der Waals surface area contributed by atoms with Gasteiger partial charge in [0.05, 0.1) is 16.9 Å². The summed E-state index contributed by atoms with van der Waals surface area (Å²) in [5.41, 5.74) is 9.00. The molecule has 0 saturated carbocycles. The molecule has 1 aromatic carbocycles. The second kappa shape index (κ2) is 8.86. The van der Waals surface area contributed by atoms with E-state index in [2.05, 4.69) is 82.8 Å². The fraction of sp³-hybridized carbons (Fsp3) is 0.423. The lowest BCUT2D eigenvalue weighted by atomic mass is 9.96. The zero-order valence-corrected chi connectivity index (χ0v) is 18.8. The quantitative estimate of drug-likeness (QED) is 0.488. The Kier molecular flexibility index (Phi) is 6.46. The molecule has 3 aromatic rings. The van der Waals surface area contributed by atoms with E-state index in [9.17, 15) is 4.79 Å². The summed E-state index contributed by atoms with van der Waals surface area (Å²) < 4.78 is 1.96. The summed E-state index contributed by atoms with van der Waals surface area (Å²) in [6.07, 6.45) is 2.91. The largest absolute Gasteiger partial charge is 0.370 e. The molecular formula is C26H34N2O. The molecule has 0 fully saturated rings. The van der Waals surface area contributed by atoms with Crippen molar-refractivity contribution < 1.29 is 0 Å². The van der Waals surface area contributed by atoms with E-state index in [1.54, 1.807) is 0 Å². The van der Waals surface area contributed by atoms with Crippen molar-refractivity contribution in [3.05, 3.63) is 69.0 Å². The van der Waals surface area contributed by atoms with Gasteiger partial charge in [-0.15, -0.1) is 0 Å². The van der Waals surface area contributed by atoms with E-state index in [4.69, 9.17) is 0 Å². The highest BCUT2D eigenvalue weighted by atomic mass is 16.1. The summed E-state index contributed by atoms with van der Waals surface area (Å²) in [5.74, 6) is 0. The number of nitrogens with zero attached hydrogens (tertiary/aromatic N) is 2. The normalized spacial score (nSPS) is 11.2. The van der Waals surface area contributed by atoms with Crippen LogP contribution in [0.1, 0.15) is 55.9 Å². The smallest absolute Gasteiger partial charge is 0.258 e. The van der Waals surface area contributed by atoms with Gasteiger partial charge >= 0.3 is 0 Å². The van der Waals surface area contributed by atoms with Crippen LogP contribution in [0.2, 0.25) is 0 Å². The Labute approximate surface area is 175 Å². The molecule has 2 heterocycles. The number of hydrogen-bond donors (Lipinski definition) is 0. The second-order valence-corrected chi connectivity index (χ2v) is 8.11. The number of rotatable bonds is 7. The molecule has 0 aliphatic rings. The first-order chi connectivity index (χ1) is 13.9. The predicted octanol–water partition coefficient (Wildman–Crippen LogP) is 6.08. The van der Waals surface area contributed by atoms with Crippen molar-refractivity contribution in [1.29, 1.82) is 0 Å². The highest BCUT2D eigenvalue weighted by molar-refractivity contribution is 5.79. The van der Waals surface area contributed by atoms with Crippen molar-refractivity contribution >= 4 is 11.2 Å². The Balaban J connectivity index is 2.41. The first kappa shape index (κ1) is 21.2. The van der Waals surface area contributed by atoms with Gasteiger partial charge in [0.2, 0.25) is 0 Å². The van der Waals surface area contributed by atoms with Crippen molar-refractivity contribution in [2.24, 2.45) is 0 Å². The Bertz CT molecular complexity index is 1050. The summed E-state index contributed by atoms with van der Waals surface area (Å²) in [6.45, 7) is 14.9. The van der Waals surface area contributed by atoms with Crippen LogP contribution in [0.15, 0.2) is 41.2 Å². The van der Waals surface area contributed by atoms with Crippen LogP contribution >= 0.6 is 0 Å². The average Bonchev–Trinajstić information content (AvgIpc) is 2.67. The molecule has 3 heteroatoms. The minimum atomic E-state index is 0.106. The molecule has 0 amide bonds. The summed E-state index contributed by atoms with van der Waals surface area (Å²) in [7, 11) is 0. The molecule has 0 aliphatic carbocycles. The van der Waals surface area contributed by atoms with Crippen LogP contribution in [-0.2, 0) is 6.42 Å². The third-order valence-corrected chi connectivity index (χ3v) is 5.68. The zero-order valence-electron chi connectivity index (χ0n) is 18.8. The van der Waals surface area contributed by atoms with Gasteiger partial charge in [-0.2, -0.15) is 0 Å². The number of pyridine rings is 2. The molecule has 3 rings (SSSR count). The first-order valence-electron chi connectivity index (χ1n) is 10.9. The number of anilines is 1. The standard InChI is InChI=1S/C26H34N2O/c1-7-13-27(14-8-2)24-17-21(9-3)26(29)28-22(24)11-10-12-23(28)25-19(5)15-18(4)16-20(25)6/h10-12,15-17H,7-9,13-14H2,1-6H3. The fourth-order valence-corrected chi connectivity index (χ4v) is 4.55. The summed E-state index contributed by atoms with van der Waals surface area (Å²) in [5, 5.41) is 0. The predicted molar refractivity (Wildman–Crippen MR) is 125 cm³/mol. The van der Waals surface area contributed by atoms with Gasteiger partial charge in [0.15, 0.2) is 0 Å².